The average Bonchev–Trinajstić information content (AvgIpc) is 3.05. The van der Waals surface area contributed by atoms with Gasteiger partial charge in [0, 0.05) is 13.2 Å². The minimum Gasteiger partial charge on any atom is -0.756 e. The molecule has 9 heteroatoms. The smallest absolute Gasteiger partial charge is 0.311 e. The molecule has 0 aliphatic carbocycles. The number of phosphoric ester groups is 1. The van der Waals surface area contributed by atoms with Gasteiger partial charge in [-0.15, -0.1) is 0 Å². The molecule has 47 heavy (non-hydrogen) atoms. The molecule has 0 radical (unpaired) electrons. The van der Waals surface area contributed by atoms with E-state index < -0.39 is 26.2 Å². The topological polar surface area (TPSA) is 120 Å². The van der Waals surface area contributed by atoms with Crippen LogP contribution in [0.2, 0.25) is 0 Å². The largest absolute Gasteiger partial charge is 0.756 e. The Kier molecular flexibility index (Phi) is 33.6. The number of hydrogen-bond acceptors (Lipinski definition) is 8. The minimum atomic E-state index is -4.72. The van der Waals surface area contributed by atoms with E-state index in [1.165, 1.54) is 135 Å². The molecule has 0 aromatic rings. The van der Waals surface area contributed by atoms with Gasteiger partial charge in [0.05, 0.1) is 12.5 Å². The summed E-state index contributed by atoms with van der Waals surface area (Å²) in [7, 11) is -4.72. The molecule has 3 unspecified atom stereocenters. The van der Waals surface area contributed by atoms with Crippen molar-refractivity contribution in [2.75, 3.05) is 19.8 Å². The lowest BCUT2D eigenvalue weighted by Gasteiger charge is -2.31. The predicted molar refractivity (Wildman–Crippen MR) is 194 cm³/mol. The van der Waals surface area contributed by atoms with Crippen molar-refractivity contribution >= 4 is 13.8 Å². The van der Waals surface area contributed by atoms with Crippen LogP contribution in [0.4, 0.5) is 0 Å². The van der Waals surface area contributed by atoms with Crippen molar-refractivity contribution in [1.29, 1.82) is 0 Å². The lowest BCUT2D eigenvalue weighted by Crippen LogP contribution is -2.36. The van der Waals surface area contributed by atoms with E-state index in [1.807, 2.05) is 6.92 Å². The normalized spacial score (nSPS) is 14.9. The maximum atomic E-state index is 12.9. The van der Waals surface area contributed by atoms with Gasteiger partial charge in [-0.25, -0.2) is 0 Å². The fourth-order valence-corrected chi connectivity index (χ4v) is 6.67. The van der Waals surface area contributed by atoms with Gasteiger partial charge in [0.1, 0.15) is 6.10 Å². The van der Waals surface area contributed by atoms with Gasteiger partial charge < -0.3 is 24.6 Å². The summed E-state index contributed by atoms with van der Waals surface area (Å²) in [5, 5.41) is 0. The van der Waals surface area contributed by atoms with Crippen LogP contribution in [0.3, 0.4) is 0 Å². The number of carbonyl (C=O) groups excluding carboxylic acids is 1. The number of esters is 1. The Labute approximate surface area is 291 Å². The molecule has 0 spiro atoms. The Morgan fingerprint density at radius 1 is 0.617 bits per heavy atom. The first-order valence-corrected chi connectivity index (χ1v) is 21.4. The second kappa shape index (κ2) is 34.0. The molecule has 0 amide bonds. The van der Waals surface area contributed by atoms with Crippen molar-refractivity contribution in [3.63, 3.8) is 0 Å². The summed E-state index contributed by atoms with van der Waals surface area (Å²) in [4.78, 5) is 25.2. The lowest BCUT2D eigenvalue weighted by atomic mass is 10.0. The molecular formula is C38H77NO7P-. The SMILES string of the molecule is CCCCCCCCCCCCCCCCO[C@H](C)C(OC(=O)C(C)CCCCCCCCCCCCCC)OP(=O)([O-])OCCN. The highest BCUT2D eigenvalue weighted by Gasteiger charge is 2.30. The Bertz CT molecular complexity index is 726. The maximum Gasteiger partial charge on any atom is 0.311 e. The fourth-order valence-electron chi connectivity index (χ4n) is 5.81. The second-order valence-corrected chi connectivity index (χ2v) is 15.1. The molecule has 0 saturated carbocycles. The van der Waals surface area contributed by atoms with Crippen molar-refractivity contribution in [3.05, 3.63) is 0 Å². The van der Waals surface area contributed by atoms with Gasteiger partial charge in [0.25, 0.3) is 7.82 Å². The Morgan fingerprint density at radius 2 is 1.00 bits per heavy atom. The zero-order valence-electron chi connectivity index (χ0n) is 31.3. The number of phosphoric acid groups is 1. The number of unbranched alkanes of at least 4 members (excludes halogenated alkanes) is 24. The Morgan fingerprint density at radius 3 is 1.40 bits per heavy atom. The Hall–Kier alpha value is -0.500. The molecule has 0 bridgehead atoms. The molecule has 0 saturated heterocycles. The van der Waals surface area contributed by atoms with Gasteiger partial charge in [0.2, 0.25) is 6.29 Å². The van der Waals surface area contributed by atoms with E-state index in [-0.39, 0.29) is 19.1 Å². The summed E-state index contributed by atoms with van der Waals surface area (Å²) in [6.07, 6.45) is 31.4. The molecule has 0 aliphatic heterocycles. The first-order valence-electron chi connectivity index (χ1n) is 19.9. The fraction of sp³-hybridized carbons (Fsp3) is 0.974. The molecule has 8 nitrogen and oxygen atoms in total. The van der Waals surface area contributed by atoms with Crippen molar-refractivity contribution in [2.24, 2.45) is 11.7 Å². The van der Waals surface area contributed by atoms with Crippen molar-refractivity contribution in [1.82, 2.24) is 0 Å². The van der Waals surface area contributed by atoms with Crippen LogP contribution < -0.4 is 10.6 Å². The summed E-state index contributed by atoms with van der Waals surface area (Å²) in [6.45, 7) is 8.27. The van der Waals surface area contributed by atoms with E-state index in [4.69, 9.17) is 24.3 Å². The van der Waals surface area contributed by atoms with Gasteiger partial charge in [0.15, 0.2) is 0 Å². The standard InChI is InChI=1S/C38H78NO7P/c1-5-7-9-11-13-15-17-19-20-22-24-26-28-30-33-43-36(4)38(46-47(41,42)44-34-32-39)45-37(40)35(3)31-29-27-25-23-21-18-16-14-12-10-8-6-2/h35-36,38H,5-34,39H2,1-4H3,(H,41,42)/p-1/t35?,36-,38?/m1/s1. The van der Waals surface area contributed by atoms with Gasteiger partial charge in [-0.2, -0.15) is 0 Å². The monoisotopic (exact) mass is 691 g/mol. The number of rotatable bonds is 37. The highest BCUT2D eigenvalue weighted by molar-refractivity contribution is 7.45. The number of nitrogens with two attached hydrogens (primary N) is 1. The molecule has 0 heterocycles. The molecular weight excluding hydrogens is 613 g/mol. The second-order valence-electron chi connectivity index (χ2n) is 13.7. The maximum absolute atomic E-state index is 12.9. The molecule has 0 aliphatic rings. The zero-order valence-corrected chi connectivity index (χ0v) is 32.2. The van der Waals surface area contributed by atoms with E-state index in [1.54, 1.807) is 6.92 Å². The van der Waals surface area contributed by atoms with Gasteiger partial charge in [-0.3, -0.25) is 13.9 Å². The summed E-state index contributed by atoms with van der Waals surface area (Å²) in [6, 6.07) is 0. The number of hydrogen-bond donors (Lipinski definition) is 1. The van der Waals surface area contributed by atoms with E-state index in [9.17, 15) is 14.3 Å². The van der Waals surface area contributed by atoms with Crippen LogP contribution in [-0.4, -0.2) is 38.1 Å². The first-order chi connectivity index (χ1) is 22.8. The van der Waals surface area contributed by atoms with Crippen LogP contribution in [0.1, 0.15) is 201 Å². The van der Waals surface area contributed by atoms with Gasteiger partial charge in [-0.1, -0.05) is 181 Å². The van der Waals surface area contributed by atoms with Gasteiger partial charge in [-0.05, 0) is 19.8 Å². The van der Waals surface area contributed by atoms with Crippen LogP contribution in [-0.2, 0) is 27.9 Å². The summed E-state index contributed by atoms with van der Waals surface area (Å²) in [5.41, 5.74) is 5.38. The third-order valence-corrected chi connectivity index (χ3v) is 9.95. The summed E-state index contributed by atoms with van der Waals surface area (Å²) in [5.74, 6) is -0.845. The summed E-state index contributed by atoms with van der Waals surface area (Å²) < 4.78 is 33.7. The van der Waals surface area contributed by atoms with Crippen LogP contribution in [0.15, 0.2) is 0 Å². The summed E-state index contributed by atoms with van der Waals surface area (Å²) >= 11 is 0. The molecule has 282 valence electrons. The molecule has 2 N–H and O–H groups in total. The highest BCUT2D eigenvalue weighted by Crippen LogP contribution is 2.41. The molecule has 0 aromatic heterocycles. The molecule has 4 atom stereocenters. The van der Waals surface area contributed by atoms with Crippen LogP contribution in [0.5, 0.6) is 0 Å². The molecule has 0 fully saturated rings. The Balaban J connectivity index is 4.28. The average molecular weight is 691 g/mol. The number of carbonyl (C=O) groups is 1. The first kappa shape index (κ1) is 46.5. The van der Waals surface area contributed by atoms with Gasteiger partial charge >= 0.3 is 5.97 Å². The van der Waals surface area contributed by atoms with Crippen molar-refractivity contribution < 1.29 is 32.8 Å². The van der Waals surface area contributed by atoms with E-state index >= 15 is 0 Å². The minimum absolute atomic E-state index is 0.0291. The predicted octanol–water partition coefficient (Wildman–Crippen LogP) is 10.9. The van der Waals surface area contributed by atoms with Crippen LogP contribution in [0, 0.1) is 5.92 Å². The third-order valence-electron chi connectivity index (χ3n) is 8.99. The zero-order chi connectivity index (χ0) is 34.9. The van der Waals surface area contributed by atoms with Crippen molar-refractivity contribution in [3.8, 4) is 0 Å². The third kappa shape index (κ3) is 31.2. The van der Waals surface area contributed by atoms with E-state index in [0.717, 1.165) is 32.1 Å². The quantitative estimate of drug-likeness (QED) is 0.0296. The van der Waals surface area contributed by atoms with Crippen molar-refractivity contribution in [2.45, 2.75) is 213 Å². The highest BCUT2D eigenvalue weighted by atomic mass is 31.2. The van der Waals surface area contributed by atoms with E-state index in [0.29, 0.717) is 13.0 Å². The molecule has 0 aromatic carbocycles. The lowest BCUT2D eigenvalue weighted by molar-refractivity contribution is -0.254. The van der Waals surface area contributed by atoms with Crippen LogP contribution in [0.25, 0.3) is 0 Å². The number of ether oxygens (including phenoxy) is 2. The van der Waals surface area contributed by atoms with E-state index in [2.05, 4.69) is 13.8 Å². The molecule has 0 rings (SSSR count). The van der Waals surface area contributed by atoms with Crippen LogP contribution >= 0.6 is 7.82 Å².